The fourth-order valence-corrected chi connectivity index (χ4v) is 4.18. The molecule has 2 aliphatic rings. The van der Waals surface area contributed by atoms with Crippen molar-refractivity contribution >= 4 is 28.7 Å². The minimum atomic E-state index is -0.452. The Morgan fingerprint density at radius 2 is 1.66 bits per heavy atom. The number of amides is 1. The number of nitro groups is 2. The monoisotopic (exact) mass is 396 g/mol. The van der Waals surface area contributed by atoms with Gasteiger partial charge in [-0.25, -0.2) is 0 Å². The van der Waals surface area contributed by atoms with Gasteiger partial charge in [-0.1, -0.05) is 18.2 Å². The molecule has 2 aromatic rings. The topological polar surface area (TPSA) is 110 Å². The van der Waals surface area contributed by atoms with E-state index < -0.39 is 4.92 Å². The number of hydrogen-bond donors (Lipinski definition) is 0. The van der Waals surface area contributed by atoms with Crippen molar-refractivity contribution in [3.8, 4) is 0 Å². The van der Waals surface area contributed by atoms with Crippen LogP contribution < -0.4 is 9.80 Å². The summed E-state index contributed by atoms with van der Waals surface area (Å²) < 4.78 is 0. The third kappa shape index (κ3) is 3.51. The maximum atomic E-state index is 13.1. The molecule has 9 nitrogen and oxygen atoms in total. The molecule has 2 heterocycles. The second-order valence-corrected chi connectivity index (χ2v) is 7.32. The zero-order chi connectivity index (χ0) is 20.5. The van der Waals surface area contributed by atoms with Crippen LogP contribution in [0.1, 0.15) is 18.4 Å². The quantitative estimate of drug-likeness (QED) is 0.579. The Morgan fingerprint density at radius 3 is 2.34 bits per heavy atom. The molecule has 0 radical (unpaired) electrons. The molecule has 1 amide bonds. The lowest BCUT2D eigenvalue weighted by atomic mass is 9.94. The van der Waals surface area contributed by atoms with Crippen molar-refractivity contribution < 1.29 is 14.6 Å². The summed E-state index contributed by atoms with van der Waals surface area (Å²) in [7, 11) is 0. The van der Waals surface area contributed by atoms with E-state index in [0.29, 0.717) is 50.3 Å². The van der Waals surface area contributed by atoms with E-state index in [0.717, 1.165) is 5.56 Å². The van der Waals surface area contributed by atoms with E-state index in [9.17, 15) is 25.0 Å². The van der Waals surface area contributed by atoms with Crippen molar-refractivity contribution in [1.29, 1.82) is 0 Å². The molecule has 4 rings (SSSR count). The highest BCUT2D eigenvalue weighted by molar-refractivity contribution is 5.97. The lowest BCUT2D eigenvalue weighted by molar-refractivity contribution is -0.384. The molecule has 0 aliphatic carbocycles. The summed E-state index contributed by atoms with van der Waals surface area (Å²) in [6, 6.07) is 11.3. The van der Waals surface area contributed by atoms with Gasteiger partial charge in [0.25, 0.3) is 11.4 Å². The first-order valence-corrected chi connectivity index (χ1v) is 9.53. The number of fused-ring (bicyclic) bond motifs is 1. The van der Waals surface area contributed by atoms with Crippen molar-refractivity contribution in [2.24, 2.45) is 5.92 Å². The summed E-state index contributed by atoms with van der Waals surface area (Å²) >= 11 is 0. The van der Waals surface area contributed by atoms with Crippen molar-refractivity contribution in [1.82, 2.24) is 0 Å². The van der Waals surface area contributed by atoms with Crippen LogP contribution in [0.3, 0.4) is 0 Å². The van der Waals surface area contributed by atoms with Crippen LogP contribution in [0, 0.1) is 26.1 Å². The maximum Gasteiger partial charge on any atom is 0.292 e. The van der Waals surface area contributed by atoms with Crippen LogP contribution in [0.15, 0.2) is 42.5 Å². The first-order valence-electron chi connectivity index (χ1n) is 9.53. The SMILES string of the molecule is O=C(C1CCN(c2ccccc2[N+](=O)[O-])CC1)N1CCc2ccc([N+](=O)[O-])cc21. The number of benzene rings is 2. The fourth-order valence-electron chi connectivity index (χ4n) is 4.18. The van der Waals surface area contributed by atoms with Crippen LogP contribution >= 0.6 is 0 Å². The van der Waals surface area contributed by atoms with Gasteiger partial charge in [0, 0.05) is 43.8 Å². The number of hydrogen-bond acceptors (Lipinski definition) is 6. The first-order chi connectivity index (χ1) is 14.0. The fraction of sp³-hybridized carbons (Fsp3) is 0.350. The maximum absolute atomic E-state index is 13.1. The highest BCUT2D eigenvalue weighted by Crippen LogP contribution is 2.35. The number of carbonyl (C=O) groups excluding carboxylic acids is 1. The Balaban J connectivity index is 1.47. The molecular weight excluding hydrogens is 376 g/mol. The summed E-state index contributed by atoms with van der Waals surface area (Å²) in [4.78, 5) is 38.2. The van der Waals surface area contributed by atoms with E-state index >= 15 is 0 Å². The van der Waals surface area contributed by atoms with Crippen LogP contribution in [0.5, 0.6) is 0 Å². The summed E-state index contributed by atoms with van der Waals surface area (Å²) in [5.41, 5.74) is 2.20. The molecule has 2 aromatic carbocycles. The third-order valence-electron chi connectivity index (χ3n) is 5.70. The van der Waals surface area contributed by atoms with Crippen LogP contribution in [0.2, 0.25) is 0 Å². The van der Waals surface area contributed by atoms with Gasteiger partial charge in [-0.2, -0.15) is 0 Å². The number of para-hydroxylation sites is 2. The van der Waals surface area contributed by atoms with E-state index in [4.69, 9.17) is 0 Å². The molecule has 0 N–H and O–H groups in total. The Bertz CT molecular complexity index is 985. The molecule has 9 heteroatoms. The first kappa shape index (κ1) is 18.9. The second-order valence-electron chi connectivity index (χ2n) is 7.32. The predicted molar refractivity (Wildman–Crippen MR) is 107 cm³/mol. The summed E-state index contributed by atoms with van der Waals surface area (Å²) in [5, 5.41) is 22.3. The summed E-state index contributed by atoms with van der Waals surface area (Å²) in [6.07, 6.45) is 1.87. The van der Waals surface area contributed by atoms with Gasteiger partial charge in [-0.3, -0.25) is 25.0 Å². The number of nitrogens with zero attached hydrogens (tertiary/aromatic N) is 4. The number of non-ortho nitro benzene ring substituents is 1. The lowest BCUT2D eigenvalue weighted by Gasteiger charge is -2.34. The van der Waals surface area contributed by atoms with Crippen molar-refractivity contribution in [2.75, 3.05) is 29.4 Å². The molecule has 1 saturated heterocycles. The molecule has 0 atom stereocenters. The van der Waals surface area contributed by atoms with Gasteiger partial charge in [0.2, 0.25) is 5.91 Å². The van der Waals surface area contributed by atoms with E-state index in [2.05, 4.69) is 0 Å². The number of nitro benzene ring substituents is 2. The second kappa shape index (κ2) is 7.50. The number of rotatable bonds is 4. The molecule has 0 saturated carbocycles. The summed E-state index contributed by atoms with van der Waals surface area (Å²) in [6.45, 7) is 1.63. The standard InChI is InChI=1S/C20H20N4O5/c25-20(22-12-9-14-5-6-16(23(26)27)13-19(14)22)15-7-10-21(11-8-15)17-3-1-2-4-18(17)24(28)29/h1-6,13,15H,7-12H2. The average molecular weight is 396 g/mol. The largest absolute Gasteiger partial charge is 0.366 e. The molecule has 0 spiro atoms. The van der Waals surface area contributed by atoms with Crippen LogP contribution in [0.4, 0.5) is 22.7 Å². The minimum Gasteiger partial charge on any atom is -0.366 e. The lowest BCUT2D eigenvalue weighted by Crippen LogP contribution is -2.42. The molecule has 0 unspecified atom stereocenters. The van der Waals surface area contributed by atoms with Crippen molar-refractivity contribution in [3.63, 3.8) is 0 Å². The van der Waals surface area contributed by atoms with Crippen LogP contribution in [-0.4, -0.2) is 35.4 Å². The van der Waals surface area contributed by atoms with Gasteiger partial charge < -0.3 is 9.80 Å². The van der Waals surface area contributed by atoms with E-state index in [1.165, 1.54) is 18.2 Å². The molecule has 29 heavy (non-hydrogen) atoms. The predicted octanol–water partition coefficient (Wildman–Crippen LogP) is 3.31. The molecular formula is C20H20N4O5. The number of anilines is 2. The van der Waals surface area contributed by atoms with E-state index in [1.54, 1.807) is 29.2 Å². The molecule has 0 aromatic heterocycles. The normalized spacial score (nSPS) is 16.6. The zero-order valence-corrected chi connectivity index (χ0v) is 15.7. The third-order valence-corrected chi connectivity index (χ3v) is 5.70. The summed E-state index contributed by atoms with van der Waals surface area (Å²) in [5.74, 6) is -0.217. The van der Waals surface area contributed by atoms with Gasteiger partial charge in [0.15, 0.2) is 0 Å². The smallest absolute Gasteiger partial charge is 0.292 e. The van der Waals surface area contributed by atoms with Gasteiger partial charge in [-0.15, -0.1) is 0 Å². The minimum absolute atomic E-state index is 0.0188. The van der Waals surface area contributed by atoms with E-state index in [-0.39, 0.29) is 28.1 Å². The molecule has 0 bridgehead atoms. The Hall–Kier alpha value is -3.49. The van der Waals surface area contributed by atoms with Crippen LogP contribution in [0.25, 0.3) is 0 Å². The number of carbonyl (C=O) groups is 1. The van der Waals surface area contributed by atoms with Gasteiger partial charge in [0.05, 0.1) is 15.5 Å². The van der Waals surface area contributed by atoms with Crippen molar-refractivity contribution in [3.05, 3.63) is 68.3 Å². The molecule has 2 aliphatic heterocycles. The van der Waals surface area contributed by atoms with Gasteiger partial charge >= 0.3 is 0 Å². The Kier molecular flexibility index (Phi) is 4.87. The van der Waals surface area contributed by atoms with Gasteiger partial charge in [-0.05, 0) is 30.9 Å². The van der Waals surface area contributed by atoms with Crippen LogP contribution in [-0.2, 0) is 11.2 Å². The molecule has 1 fully saturated rings. The average Bonchev–Trinajstić information content (AvgIpc) is 3.16. The Morgan fingerprint density at radius 1 is 0.931 bits per heavy atom. The van der Waals surface area contributed by atoms with Gasteiger partial charge in [0.1, 0.15) is 5.69 Å². The molecule has 150 valence electrons. The number of piperidine rings is 1. The Labute approximate surface area is 166 Å². The highest BCUT2D eigenvalue weighted by Gasteiger charge is 2.34. The van der Waals surface area contributed by atoms with Crippen molar-refractivity contribution in [2.45, 2.75) is 19.3 Å². The zero-order valence-electron chi connectivity index (χ0n) is 15.7. The highest BCUT2D eigenvalue weighted by atomic mass is 16.6. The van der Waals surface area contributed by atoms with E-state index in [1.807, 2.05) is 4.90 Å².